The van der Waals surface area contributed by atoms with Gasteiger partial charge in [0.25, 0.3) is 0 Å². The quantitative estimate of drug-likeness (QED) is 0.115. The van der Waals surface area contributed by atoms with Gasteiger partial charge in [-0.25, -0.2) is 0 Å². The maximum absolute atomic E-state index is 3.98. The summed E-state index contributed by atoms with van der Waals surface area (Å²) in [6.45, 7) is 10.1. The molecular weight excluding hydrogens is 526 g/mol. The number of hydrogen-bond acceptors (Lipinski definition) is 0. The van der Waals surface area contributed by atoms with Gasteiger partial charge in [-0.15, -0.1) is 0 Å². The fourth-order valence-electron chi connectivity index (χ4n) is 6.51. The maximum atomic E-state index is 3.98. The van der Waals surface area contributed by atoms with E-state index in [4.69, 9.17) is 0 Å². The zero-order valence-electron chi connectivity index (χ0n) is 24.9. The predicted molar refractivity (Wildman–Crippen MR) is 164 cm³/mol. The molecule has 2 rings (SSSR count). The SMILES string of the molecule is CCCCC(=C=C/[C](=C(\C=C\C(C)C)B(C1CCCCC1)C1CCCCC1)[Sn]([CH3])([CH3])[CH3])CCCC. The Morgan fingerprint density at radius 2 is 1.31 bits per heavy atom. The Kier molecular flexibility index (Phi) is 14.8. The van der Waals surface area contributed by atoms with Gasteiger partial charge >= 0.3 is 226 Å². The normalized spacial score (nSPS) is 19.1. The van der Waals surface area contributed by atoms with Crippen molar-refractivity contribution in [1.29, 1.82) is 0 Å². The number of hydrogen-bond donors (Lipinski definition) is 0. The Hall–Kier alpha value is -0.136. The van der Waals surface area contributed by atoms with Crippen LogP contribution in [0.5, 0.6) is 0 Å². The van der Waals surface area contributed by atoms with Gasteiger partial charge in [0, 0.05) is 0 Å². The van der Waals surface area contributed by atoms with E-state index >= 15 is 0 Å². The van der Waals surface area contributed by atoms with Crippen LogP contribution in [-0.2, 0) is 0 Å². The van der Waals surface area contributed by atoms with Crippen LogP contribution in [0.3, 0.4) is 0 Å². The molecule has 2 saturated carbocycles. The van der Waals surface area contributed by atoms with Gasteiger partial charge in [-0.2, -0.15) is 0 Å². The van der Waals surface area contributed by atoms with Crippen molar-refractivity contribution >= 4 is 25.1 Å². The minimum atomic E-state index is -2.40. The van der Waals surface area contributed by atoms with E-state index in [1.165, 1.54) is 103 Å². The van der Waals surface area contributed by atoms with Gasteiger partial charge in [-0.05, 0) is 0 Å². The molecule has 0 atom stereocenters. The first kappa shape index (κ1) is 31.1. The number of unbranched alkanes of at least 4 members (excludes halogenated alkanes) is 2. The predicted octanol–water partition coefficient (Wildman–Crippen LogP) is 11.5. The van der Waals surface area contributed by atoms with Gasteiger partial charge in [0.05, 0.1) is 0 Å². The third kappa shape index (κ3) is 11.0. The fourth-order valence-corrected chi connectivity index (χ4v) is 11.1. The Labute approximate surface area is 225 Å². The summed E-state index contributed by atoms with van der Waals surface area (Å²) < 4.78 is 1.78. The Balaban J connectivity index is 2.68. The molecule has 0 aliphatic heterocycles. The van der Waals surface area contributed by atoms with Crippen molar-refractivity contribution in [3.05, 3.63) is 38.6 Å². The van der Waals surface area contributed by atoms with Crippen LogP contribution in [0.2, 0.25) is 26.5 Å². The molecule has 0 aromatic heterocycles. The van der Waals surface area contributed by atoms with Crippen molar-refractivity contribution in [3.63, 3.8) is 0 Å². The first-order valence-electron chi connectivity index (χ1n) is 15.6. The van der Waals surface area contributed by atoms with Gasteiger partial charge in [0.2, 0.25) is 0 Å². The summed E-state index contributed by atoms with van der Waals surface area (Å²) in [5, 5.41) is 0. The molecule has 0 heterocycles. The average Bonchev–Trinajstić information content (AvgIpc) is 2.84. The average molecular weight is 585 g/mol. The molecule has 0 unspecified atom stereocenters. The molecule has 198 valence electrons. The molecular formula is C33H59BSn. The van der Waals surface area contributed by atoms with Crippen molar-refractivity contribution < 1.29 is 0 Å². The molecule has 0 N–H and O–H groups in total. The van der Waals surface area contributed by atoms with E-state index < -0.39 is 18.4 Å². The molecule has 0 radical (unpaired) electrons. The Bertz CT molecular complexity index is 689. The van der Waals surface area contributed by atoms with Crippen LogP contribution in [0.15, 0.2) is 38.6 Å². The standard InChI is InChI=1S/C30H50B.3CH3.Sn/c1-5-7-16-27(17-8-6-2)18-15-23-30(25-24-26(3)4)31(28-19-11-9-12-20-28)29-21-13-10-14-22-29;;;;/h15,24-26,28-29H,5-14,16-17,19-22H2,1-4H3;3*1H3;/b25-24+,30-23?;;;;. The van der Waals surface area contributed by atoms with Gasteiger partial charge in [0.1, 0.15) is 0 Å². The molecule has 2 heteroatoms. The fraction of sp³-hybridized carbons (Fsp3) is 0.788. The summed E-state index contributed by atoms with van der Waals surface area (Å²) in [6, 6.07) is 0. The van der Waals surface area contributed by atoms with Gasteiger partial charge in [-0.3, -0.25) is 0 Å². The second-order valence-corrected chi connectivity index (χ2v) is 27.5. The first-order chi connectivity index (χ1) is 16.8. The zero-order chi connectivity index (χ0) is 25.7. The number of rotatable bonds is 13. The van der Waals surface area contributed by atoms with Gasteiger partial charge in [-0.1, -0.05) is 0 Å². The molecule has 0 saturated heterocycles. The second-order valence-electron chi connectivity index (χ2n) is 13.1. The van der Waals surface area contributed by atoms with Crippen LogP contribution in [0.25, 0.3) is 0 Å². The molecule has 0 nitrogen and oxygen atoms in total. The molecule has 0 aromatic carbocycles. The van der Waals surface area contributed by atoms with Crippen LogP contribution in [0.1, 0.15) is 130 Å². The van der Waals surface area contributed by atoms with Crippen molar-refractivity contribution in [2.24, 2.45) is 5.92 Å². The van der Waals surface area contributed by atoms with E-state index in [1.807, 2.05) is 0 Å². The van der Waals surface area contributed by atoms with Gasteiger partial charge in [0.15, 0.2) is 0 Å². The van der Waals surface area contributed by atoms with Crippen LogP contribution in [-0.4, -0.2) is 25.1 Å². The van der Waals surface area contributed by atoms with E-state index in [1.54, 1.807) is 14.6 Å². The second kappa shape index (κ2) is 16.7. The molecule has 35 heavy (non-hydrogen) atoms. The van der Waals surface area contributed by atoms with E-state index in [0.29, 0.717) is 5.92 Å². The van der Waals surface area contributed by atoms with E-state index in [9.17, 15) is 0 Å². The van der Waals surface area contributed by atoms with E-state index in [-0.39, 0.29) is 0 Å². The zero-order valence-corrected chi connectivity index (χ0v) is 27.7. The Morgan fingerprint density at radius 1 is 0.829 bits per heavy atom. The summed E-state index contributed by atoms with van der Waals surface area (Å²) in [4.78, 5) is 7.96. The van der Waals surface area contributed by atoms with Crippen LogP contribution < -0.4 is 0 Å². The van der Waals surface area contributed by atoms with E-state index in [0.717, 1.165) is 18.3 Å². The third-order valence-electron chi connectivity index (χ3n) is 8.54. The van der Waals surface area contributed by atoms with Crippen molar-refractivity contribution in [3.8, 4) is 0 Å². The summed E-state index contributed by atoms with van der Waals surface area (Å²) in [6.07, 6.45) is 30.0. The molecule has 0 aromatic rings. The third-order valence-corrected chi connectivity index (χ3v) is 14.4. The topological polar surface area (TPSA) is 0 Å². The summed E-state index contributed by atoms with van der Waals surface area (Å²) in [7, 11) is 0. The number of allylic oxidation sites excluding steroid dienone is 5. The van der Waals surface area contributed by atoms with Crippen molar-refractivity contribution in [1.82, 2.24) is 0 Å². The summed E-state index contributed by atoms with van der Waals surface area (Å²) in [5.74, 6) is 2.42. The Morgan fingerprint density at radius 3 is 1.71 bits per heavy atom. The molecule has 2 aliphatic rings. The van der Waals surface area contributed by atoms with Crippen molar-refractivity contribution in [2.75, 3.05) is 0 Å². The molecule has 0 spiro atoms. The summed E-state index contributed by atoms with van der Waals surface area (Å²) in [5.41, 5.74) is 7.34. The van der Waals surface area contributed by atoms with E-state index in [2.05, 4.69) is 66.5 Å². The molecule has 0 bridgehead atoms. The molecule has 2 aliphatic carbocycles. The molecule has 2 fully saturated rings. The van der Waals surface area contributed by atoms with Crippen LogP contribution >= 0.6 is 0 Å². The van der Waals surface area contributed by atoms with Crippen LogP contribution in [0.4, 0.5) is 0 Å². The van der Waals surface area contributed by atoms with Gasteiger partial charge < -0.3 is 0 Å². The first-order valence-corrected chi connectivity index (χ1v) is 25.6. The van der Waals surface area contributed by atoms with Crippen molar-refractivity contribution in [2.45, 2.75) is 157 Å². The summed E-state index contributed by atoms with van der Waals surface area (Å²) >= 11 is -2.40. The monoisotopic (exact) mass is 586 g/mol. The molecule has 0 amide bonds. The van der Waals surface area contributed by atoms with Crippen LogP contribution in [0, 0.1) is 5.92 Å². The minimum absolute atomic E-state index is 0.615.